The molecule has 1 N–H and O–H groups in total. The first-order chi connectivity index (χ1) is 13.5. The minimum atomic E-state index is 0.126. The summed E-state index contributed by atoms with van der Waals surface area (Å²) in [4.78, 5) is 31.1. The third-order valence-electron chi connectivity index (χ3n) is 5.85. The average Bonchev–Trinajstić information content (AvgIpc) is 3.24. The second-order valence-electron chi connectivity index (χ2n) is 8.13. The van der Waals surface area contributed by atoms with Crippen molar-refractivity contribution in [2.45, 2.75) is 45.7 Å². The van der Waals surface area contributed by atoms with E-state index < -0.39 is 0 Å². The molecule has 2 aliphatic heterocycles. The van der Waals surface area contributed by atoms with Gasteiger partial charge in [0.1, 0.15) is 0 Å². The van der Waals surface area contributed by atoms with Crippen LogP contribution in [-0.2, 0) is 11.3 Å². The van der Waals surface area contributed by atoms with Crippen LogP contribution in [0, 0.1) is 0 Å². The van der Waals surface area contributed by atoms with Gasteiger partial charge in [-0.05, 0) is 43.9 Å². The van der Waals surface area contributed by atoms with E-state index in [2.05, 4.69) is 34.2 Å². The van der Waals surface area contributed by atoms with E-state index in [-0.39, 0.29) is 17.9 Å². The van der Waals surface area contributed by atoms with Gasteiger partial charge >= 0.3 is 0 Å². The molecule has 2 fully saturated rings. The van der Waals surface area contributed by atoms with Crippen molar-refractivity contribution in [3.05, 3.63) is 35.4 Å². The van der Waals surface area contributed by atoms with Gasteiger partial charge in [-0.2, -0.15) is 0 Å². The Kier molecular flexibility index (Phi) is 7.45. The topological polar surface area (TPSA) is 55.9 Å². The van der Waals surface area contributed by atoms with Crippen LogP contribution < -0.4 is 5.32 Å². The number of amides is 2. The molecule has 1 atom stereocenters. The molecule has 3 rings (SSSR count). The Labute approximate surface area is 168 Å². The molecule has 2 saturated heterocycles. The van der Waals surface area contributed by atoms with E-state index in [1.54, 1.807) is 0 Å². The summed E-state index contributed by atoms with van der Waals surface area (Å²) in [5, 5.41) is 3.04. The minimum absolute atomic E-state index is 0.126. The largest absolute Gasteiger partial charge is 0.353 e. The van der Waals surface area contributed by atoms with Gasteiger partial charge in [0.05, 0.1) is 6.54 Å². The molecule has 6 nitrogen and oxygen atoms in total. The quantitative estimate of drug-likeness (QED) is 0.778. The van der Waals surface area contributed by atoms with Gasteiger partial charge in [0.2, 0.25) is 5.91 Å². The van der Waals surface area contributed by atoms with Gasteiger partial charge in [-0.1, -0.05) is 19.1 Å². The van der Waals surface area contributed by atoms with E-state index in [9.17, 15) is 9.59 Å². The fourth-order valence-electron chi connectivity index (χ4n) is 3.84. The summed E-state index contributed by atoms with van der Waals surface area (Å²) in [5.41, 5.74) is 2.03. The molecule has 2 heterocycles. The smallest absolute Gasteiger partial charge is 0.253 e. The van der Waals surface area contributed by atoms with Gasteiger partial charge < -0.3 is 10.2 Å². The molecule has 2 aliphatic rings. The maximum atomic E-state index is 12.4. The van der Waals surface area contributed by atoms with Gasteiger partial charge in [-0.3, -0.25) is 19.4 Å². The molecule has 1 aromatic rings. The SMILES string of the molecule is CCC(C)NC(=O)CN1CCN(Cc2ccc(C(=O)N3CCCC3)cc2)CC1. The Balaban J connectivity index is 1.42. The molecule has 0 radical (unpaired) electrons. The van der Waals surface area contributed by atoms with Crippen molar-refractivity contribution < 1.29 is 9.59 Å². The lowest BCUT2D eigenvalue weighted by Gasteiger charge is -2.34. The van der Waals surface area contributed by atoms with Crippen molar-refractivity contribution in [3.63, 3.8) is 0 Å². The van der Waals surface area contributed by atoms with Crippen LogP contribution in [0.2, 0.25) is 0 Å². The van der Waals surface area contributed by atoms with Crippen LogP contribution in [0.1, 0.15) is 49.0 Å². The van der Waals surface area contributed by atoms with Crippen LogP contribution >= 0.6 is 0 Å². The van der Waals surface area contributed by atoms with Crippen LogP contribution in [0.25, 0.3) is 0 Å². The van der Waals surface area contributed by atoms with Crippen LogP contribution in [0.3, 0.4) is 0 Å². The molecule has 2 amide bonds. The Bertz CT molecular complexity index is 647. The Morgan fingerprint density at radius 3 is 2.18 bits per heavy atom. The summed E-state index contributed by atoms with van der Waals surface area (Å²) in [6, 6.07) is 8.33. The standard InChI is InChI=1S/C22H34N4O2/c1-3-18(2)23-21(27)17-25-14-12-24(13-15-25)16-19-6-8-20(9-7-19)22(28)26-10-4-5-11-26/h6-9,18H,3-5,10-17H2,1-2H3,(H,23,27). The fourth-order valence-corrected chi connectivity index (χ4v) is 3.84. The Morgan fingerprint density at radius 2 is 1.57 bits per heavy atom. The summed E-state index contributed by atoms with van der Waals surface area (Å²) in [5.74, 6) is 0.286. The van der Waals surface area contributed by atoms with Gasteiger partial charge in [-0.25, -0.2) is 0 Å². The van der Waals surface area contributed by atoms with Crippen molar-refractivity contribution in [1.82, 2.24) is 20.0 Å². The van der Waals surface area contributed by atoms with Crippen molar-refractivity contribution in [3.8, 4) is 0 Å². The first-order valence-corrected chi connectivity index (χ1v) is 10.7. The monoisotopic (exact) mass is 386 g/mol. The molecular weight excluding hydrogens is 352 g/mol. The molecule has 154 valence electrons. The number of hydrogen-bond donors (Lipinski definition) is 1. The van der Waals surface area contributed by atoms with Crippen molar-refractivity contribution in [2.24, 2.45) is 0 Å². The van der Waals surface area contributed by atoms with E-state index in [1.165, 1.54) is 5.56 Å². The number of carbonyl (C=O) groups excluding carboxylic acids is 2. The molecule has 1 unspecified atom stereocenters. The van der Waals surface area contributed by atoms with Crippen molar-refractivity contribution in [1.29, 1.82) is 0 Å². The molecule has 0 saturated carbocycles. The minimum Gasteiger partial charge on any atom is -0.353 e. The third kappa shape index (κ3) is 5.79. The number of rotatable bonds is 7. The third-order valence-corrected chi connectivity index (χ3v) is 5.85. The fraction of sp³-hybridized carbons (Fsp3) is 0.636. The summed E-state index contributed by atoms with van der Waals surface area (Å²) in [7, 11) is 0. The number of nitrogens with one attached hydrogen (secondary N) is 1. The van der Waals surface area contributed by atoms with Crippen LogP contribution in [0.15, 0.2) is 24.3 Å². The summed E-state index contributed by atoms with van der Waals surface area (Å²) >= 11 is 0. The van der Waals surface area contributed by atoms with Crippen molar-refractivity contribution >= 4 is 11.8 Å². The zero-order valence-corrected chi connectivity index (χ0v) is 17.3. The number of hydrogen-bond acceptors (Lipinski definition) is 4. The highest BCUT2D eigenvalue weighted by Crippen LogP contribution is 2.15. The van der Waals surface area contributed by atoms with Gasteiger partial charge in [0.25, 0.3) is 5.91 Å². The zero-order valence-electron chi connectivity index (χ0n) is 17.3. The molecular formula is C22H34N4O2. The highest BCUT2D eigenvalue weighted by atomic mass is 16.2. The maximum absolute atomic E-state index is 12.4. The summed E-state index contributed by atoms with van der Waals surface area (Å²) in [6.07, 6.45) is 3.20. The number of nitrogens with zero attached hydrogens (tertiary/aromatic N) is 3. The van der Waals surface area contributed by atoms with Gasteiger partial charge in [0, 0.05) is 57.4 Å². The molecule has 0 aliphatic carbocycles. The average molecular weight is 387 g/mol. The predicted molar refractivity (Wildman–Crippen MR) is 111 cm³/mol. The van der Waals surface area contributed by atoms with E-state index >= 15 is 0 Å². The maximum Gasteiger partial charge on any atom is 0.253 e. The van der Waals surface area contributed by atoms with E-state index in [0.29, 0.717) is 6.54 Å². The predicted octanol–water partition coefficient (Wildman–Crippen LogP) is 1.95. The van der Waals surface area contributed by atoms with Gasteiger partial charge in [0.15, 0.2) is 0 Å². The first kappa shape index (κ1) is 20.8. The van der Waals surface area contributed by atoms with Crippen LogP contribution in [-0.4, -0.2) is 78.4 Å². The van der Waals surface area contributed by atoms with Crippen LogP contribution in [0.4, 0.5) is 0 Å². The van der Waals surface area contributed by atoms with Gasteiger partial charge in [-0.15, -0.1) is 0 Å². The Hall–Kier alpha value is -1.92. The Morgan fingerprint density at radius 1 is 0.964 bits per heavy atom. The molecule has 1 aromatic carbocycles. The lowest BCUT2D eigenvalue weighted by Crippen LogP contribution is -2.49. The lowest BCUT2D eigenvalue weighted by molar-refractivity contribution is -0.123. The second-order valence-corrected chi connectivity index (χ2v) is 8.13. The van der Waals surface area contributed by atoms with Crippen LogP contribution in [0.5, 0.6) is 0 Å². The zero-order chi connectivity index (χ0) is 19.9. The summed E-state index contributed by atoms with van der Waals surface area (Å²) < 4.78 is 0. The van der Waals surface area contributed by atoms with Crippen molar-refractivity contribution in [2.75, 3.05) is 45.8 Å². The first-order valence-electron chi connectivity index (χ1n) is 10.7. The molecule has 0 aromatic heterocycles. The second kappa shape index (κ2) is 10.0. The van der Waals surface area contributed by atoms with E-state index in [1.807, 2.05) is 24.0 Å². The molecule has 0 spiro atoms. The number of carbonyl (C=O) groups is 2. The van der Waals surface area contributed by atoms with E-state index in [0.717, 1.165) is 70.6 Å². The number of piperazine rings is 1. The number of likely N-dealkylation sites (tertiary alicyclic amines) is 1. The molecule has 0 bridgehead atoms. The highest BCUT2D eigenvalue weighted by molar-refractivity contribution is 5.94. The summed E-state index contributed by atoms with van der Waals surface area (Å²) in [6.45, 7) is 11.0. The highest BCUT2D eigenvalue weighted by Gasteiger charge is 2.21. The lowest BCUT2D eigenvalue weighted by atomic mass is 10.1. The number of benzene rings is 1. The molecule has 28 heavy (non-hydrogen) atoms. The van der Waals surface area contributed by atoms with E-state index in [4.69, 9.17) is 0 Å². The molecule has 6 heteroatoms. The normalized spacial score (nSPS) is 19.6.